The SMILES string of the molecule is CNC(=O)c1cc2c(/C=C/c3ccc(OC)cc3)cc(OC)cc2o1. The van der Waals surface area contributed by atoms with Crippen molar-refractivity contribution in [1.82, 2.24) is 5.32 Å². The minimum Gasteiger partial charge on any atom is -0.497 e. The molecule has 0 unspecified atom stereocenters. The van der Waals surface area contributed by atoms with Crippen LogP contribution in [0.5, 0.6) is 11.5 Å². The van der Waals surface area contributed by atoms with Gasteiger partial charge in [0.2, 0.25) is 0 Å². The van der Waals surface area contributed by atoms with E-state index in [1.54, 1.807) is 33.4 Å². The van der Waals surface area contributed by atoms with E-state index in [1.807, 2.05) is 42.5 Å². The summed E-state index contributed by atoms with van der Waals surface area (Å²) in [6.45, 7) is 0. The third-order valence-electron chi connectivity index (χ3n) is 3.90. The van der Waals surface area contributed by atoms with Gasteiger partial charge < -0.3 is 19.2 Å². The van der Waals surface area contributed by atoms with Crippen molar-refractivity contribution in [2.75, 3.05) is 21.3 Å². The number of rotatable bonds is 5. The van der Waals surface area contributed by atoms with Gasteiger partial charge in [0.15, 0.2) is 5.76 Å². The summed E-state index contributed by atoms with van der Waals surface area (Å²) < 4.78 is 16.1. The number of amides is 1. The standard InChI is InChI=1S/C20H19NO4/c1-21-20(22)19-12-17-14(10-16(24-3)11-18(17)25-19)7-4-13-5-8-15(23-2)9-6-13/h4-12H,1-3H3,(H,21,22)/b7-4+. The molecule has 3 aromatic rings. The van der Waals surface area contributed by atoms with Crippen LogP contribution in [0.15, 0.2) is 46.9 Å². The molecule has 3 rings (SSSR count). The van der Waals surface area contributed by atoms with Crippen molar-refractivity contribution in [3.8, 4) is 11.5 Å². The fourth-order valence-electron chi connectivity index (χ4n) is 2.53. The summed E-state index contributed by atoms with van der Waals surface area (Å²) in [5.74, 6) is 1.48. The van der Waals surface area contributed by atoms with E-state index in [0.717, 1.165) is 22.3 Å². The summed E-state index contributed by atoms with van der Waals surface area (Å²) in [5, 5.41) is 3.42. The van der Waals surface area contributed by atoms with Gasteiger partial charge >= 0.3 is 0 Å². The molecule has 5 heteroatoms. The summed E-state index contributed by atoms with van der Waals surface area (Å²) in [5.41, 5.74) is 2.54. The van der Waals surface area contributed by atoms with E-state index in [1.165, 1.54) is 0 Å². The van der Waals surface area contributed by atoms with Crippen LogP contribution in [0.3, 0.4) is 0 Å². The van der Waals surface area contributed by atoms with E-state index in [0.29, 0.717) is 11.3 Å². The molecule has 5 nitrogen and oxygen atoms in total. The topological polar surface area (TPSA) is 60.7 Å². The molecule has 0 radical (unpaired) electrons. The van der Waals surface area contributed by atoms with Crippen LogP contribution in [0, 0.1) is 0 Å². The van der Waals surface area contributed by atoms with Crippen molar-refractivity contribution in [3.63, 3.8) is 0 Å². The quantitative estimate of drug-likeness (QED) is 0.716. The molecule has 1 N–H and O–H groups in total. The average Bonchev–Trinajstić information content (AvgIpc) is 3.09. The Bertz CT molecular complexity index is 923. The number of nitrogens with one attached hydrogen (secondary N) is 1. The minimum atomic E-state index is -0.264. The lowest BCUT2D eigenvalue weighted by molar-refractivity contribution is 0.0938. The Hall–Kier alpha value is -3.21. The fourth-order valence-corrected chi connectivity index (χ4v) is 2.53. The van der Waals surface area contributed by atoms with E-state index in [2.05, 4.69) is 5.32 Å². The van der Waals surface area contributed by atoms with Crippen molar-refractivity contribution in [2.24, 2.45) is 0 Å². The largest absolute Gasteiger partial charge is 0.497 e. The van der Waals surface area contributed by atoms with E-state index in [-0.39, 0.29) is 11.7 Å². The Kier molecular flexibility index (Phi) is 4.75. The molecule has 0 atom stereocenters. The van der Waals surface area contributed by atoms with Gasteiger partial charge in [-0.25, -0.2) is 0 Å². The highest BCUT2D eigenvalue weighted by molar-refractivity contribution is 5.99. The van der Waals surface area contributed by atoms with Gasteiger partial charge in [0.1, 0.15) is 17.1 Å². The van der Waals surface area contributed by atoms with Gasteiger partial charge in [-0.05, 0) is 35.4 Å². The first-order valence-corrected chi connectivity index (χ1v) is 7.80. The summed E-state index contributed by atoms with van der Waals surface area (Å²) in [4.78, 5) is 11.8. The molecule has 0 saturated carbocycles. The molecule has 0 spiro atoms. The molecule has 1 heterocycles. The van der Waals surface area contributed by atoms with Crippen molar-refractivity contribution < 1.29 is 18.7 Å². The number of carbonyl (C=O) groups excluding carboxylic acids is 1. The van der Waals surface area contributed by atoms with Crippen LogP contribution in [-0.2, 0) is 0 Å². The van der Waals surface area contributed by atoms with Crippen molar-refractivity contribution in [2.45, 2.75) is 0 Å². The van der Waals surface area contributed by atoms with Crippen LogP contribution in [0.2, 0.25) is 0 Å². The average molecular weight is 337 g/mol. The number of furan rings is 1. The summed E-state index contributed by atoms with van der Waals surface area (Å²) in [7, 11) is 4.81. The lowest BCUT2D eigenvalue weighted by atomic mass is 10.1. The zero-order valence-corrected chi connectivity index (χ0v) is 14.3. The second-order valence-corrected chi connectivity index (χ2v) is 5.42. The Balaban J connectivity index is 2.02. The maximum absolute atomic E-state index is 11.8. The lowest BCUT2D eigenvalue weighted by Gasteiger charge is -2.03. The van der Waals surface area contributed by atoms with Crippen molar-refractivity contribution >= 4 is 29.0 Å². The molecule has 0 aliphatic rings. The monoisotopic (exact) mass is 337 g/mol. The predicted octanol–water partition coefficient (Wildman–Crippen LogP) is 3.98. The third-order valence-corrected chi connectivity index (χ3v) is 3.90. The maximum atomic E-state index is 11.8. The Morgan fingerprint density at radius 3 is 2.36 bits per heavy atom. The molecule has 0 fully saturated rings. The number of fused-ring (bicyclic) bond motifs is 1. The number of ether oxygens (including phenoxy) is 2. The molecule has 0 aliphatic heterocycles. The first-order chi connectivity index (χ1) is 12.1. The van der Waals surface area contributed by atoms with Crippen LogP contribution < -0.4 is 14.8 Å². The van der Waals surface area contributed by atoms with Gasteiger partial charge in [-0.2, -0.15) is 0 Å². The number of benzene rings is 2. The number of carbonyl (C=O) groups is 1. The molecular weight excluding hydrogens is 318 g/mol. The number of methoxy groups -OCH3 is 2. The van der Waals surface area contributed by atoms with Gasteiger partial charge in [0, 0.05) is 18.5 Å². The molecular formula is C20H19NO4. The highest BCUT2D eigenvalue weighted by Crippen LogP contribution is 2.30. The second-order valence-electron chi connectivity index (χ2n) is 5.42. The highest BCUT2D eigenvalue weighted by Gasteiger charge is 2.13. The van der Waals surface area contributed by atoms with Gasteiger partial charge in [0.05, 0.1) is 14.2 Å². The zero-order valence-electron chi connectivity index (χ0n) is 14.3. The first-order valence-electron chi connectivity index (χ1n) is 7.80. The van der Waals surface area contributed by atoms with E-state index >= 15 is 0 Å². The van der Waals surface area contributed by atoms with Crippen LogP contribution in [0.4, 0.5) is 0 Å². The summed E-state index contributed by atoms with van der Waals surface area (Å²) in [6.07, 6.45) is 3.95. The van der Waals surface area contributed by atoms with Gasteiger partial charge in [0.25, 0.3) is 5.91 Å². The Morgan fingerprint density at radius 1 is 1.00 bits per heavy atom. The Morgan fingerprint density at radius 2 is 1.72 bits per heavy atom. The first kappa shape index (κ1) is 16.6. The van der Waals surface area contributed by atoms with Crippen LogP contribution in [-0.4, -0.2) is 27.2 Å². The minimum absolute atomic E-state index is 0.264. The Labute approximate surface area is 145 Å². The molecule has 128 valence electrons. The molecule has 25 heavy (non-hydrogen) atoms. The van der Waals surface area contributed by atoms with Gasteiger partial charge in [-0.3, -0.25) is 4.79 Å². The third kappa shape index (κ3) is 3.50. The normalized spacial score (nSPS) is 11.0. The lowest BCUT2D eigenvalue weighted by Crippen LogP contribution is -2.16. The van der Waals surface area contributed by atoms with Crippen LogP contribution in [0.25, 0.3) is 23.1 Å². The summed E-state index contributed by atoms with van der Waals surface area (Å²) >= 11 is 0. The van der Waals surface area contributed by atoms with E-state index in [4.69, 9.17) is 13.9 Å². The van der Waals surface area contributed by atoms with E-state index < -0.39 is 0 Å². The molecule has 2 aromatic carbocycles. The molecule has 1 aromatic heterocycles. The van der Waals surface area contributed by atoms with Crippen LogP contribution in [0.1, 0.15) is 21.7 Å². The van der Waals surface area contributed by atoms with Crippen molar-refractivity contribution in [3.05, 3.63) is 59.4 Å². The molecule has 0 saturated heterocycles. The zero-order chi connectivity index (χ0) is 17.8. The predicted molar refractivity (Wildman–Crippen MR) is 98.1 cm³/mol. The smallest absolute Gasteiger partial charge is 0.286 e. The highest BCUT2D eigenvalue weighted by atomic mass is 16.5. The van der Waals surface area contributed by atoms with Gasteiger partial charge in [-0.1, -0.05) is 24.3 Å². The van der Waals surface area contributed by atoms with E-state index in [9.17, 15) is 4.79 Å². The number of hydrogen-bond donors (Lipinski definition) is 1. The number of hydrogen-bond acceptors (Lipinski definition) is 4. The summed E-state index contributed by atoms with van der Waals surface area (Å²) in [6, 6.07) is 13.2. The molecule has 0 bridgehead atoms. The molecule has 1 amide bonds. The van der Waals surface area contributed by atoms with Crippen LogP contribution >= 0.6 is 0 Å². The fraction of sp³-hybridized carbons (Fsp3) is 0.150. The van der Waals surface area contributed by atoms with Crippen molar-refractivity contribution in [1.29, 1.82) is 0 Å². The molecule has 0 aliphatic carbocycles. The van der Waals surface area contributed by atoms with Gasteiger partial charge in [-0.15, -0.1) is 0 Å². The second kappa shape index (κ2) is 7.13. The maximum Gasteiger partial charge on any atom is 0.286 e.